The lowest BCUT2D eigenvalue weighted by Crippen LogP contribution is -2.21. The molecule has 1 aromatic heterocycles. The van der Waals surface area contributed by atoms with Crippen LogP contribution in [-0.2, 0) is 17.9 Å². The first-order valence-electron chi connectivity index (χ1n) is 7.95. The Kier molecular flexibility index (Phi) is 5.80. The monoisotopic (exact) mass is 395 g/mol. The maximum Gasteiger partial charge on any atom is 0.244 e. The third-order valence-electron chi connectivity index (χ3n) is 3.78. The average molecular weight is 396 g/mol. The molecule has 0 aliphatic rings. The first-order chi connectivity index (χ1) is 12.2. The largest absolute Gasteiger partial charge is 0.348 e. The van der Waals surface area contributed by atoms with E-state index in [-0.39, 0.29) is 5.91 Å². The van der Waals surface area contributed by atoms with E-state index < -0.39 is 0 Å². The van der Waals surface area contributed by atoms with Crippen molar-refractivity contribution in [3.63, 3.8) is 0 Å². The van der Waals surface area contributed by atoms with Crippen molar-refractivity contribution in [2.45, 2.75) is 13.1 Å². The number of halogens is 1. The van der Waals surface area contributed by atoms with E-state index >= 15 is 0 Å². The molecule has 0 saturated heterocycles. The molecule has 0 spiro atoms. The van der Waals surface area contributed by atoms with Crippen LogP contribution in [0.3, 0.4) is 0 Å². The minimum atomic E-state index is -0.111. The molecule has 0 atom stereocenters. The molecule has 0 aliphatic heterocycles. The summed E-state index contributed by atoms with van der Waals surface area (Å²) in [5.41, 5.74) is 3.25. The number of benzene rings is 2. The Hall–Kier alpha value is -2.66. The zero-order chi connectivity index (χ0) is 17.5. The number of carbonyl (C=O) groups excluding carboxylic acids is 1. The number of hydrogen-bond donors (Lipinski definition) is 1. The first kappa shape index (κ1) is 17.2. The molecule has 0 unspecified atom stereocenters. The van der Waals surface area contributed by atoms with E-state index in [1.165, 1.54) is 0 Å². The van der Waals surface area contributed by atoms with E-state index in [9.17, 15) is 4.79 Å². The van der Waals surface area contributed by atoms with Gasteiger partial charge in [0.25, 0.3) is 0 Å². The Labute approximate surface area is 155 Å². The Bertz CT molecular complexity index is 855. The standard InChI is InChI=1S/C20H18BrN3O/c21-19-8-5-16(6-9-19)7-10-20(25)23-13-17-3-1-2-4-18(17)14-24-12-11-22-15-24/h1-12,15H,13-14H2,(H,23,25). The van der Waals surface area contributed by atoms with Crippen LogP contribution in [0.2, 0.25) is 0 Å². The van der Waals surface area contributed by atoms with E-state index in [4.69, 9.17) is 0 Å². The third-order valence-corrected chi connectivity index (χ3v) is 4.31. The molecule has 3 rings (SSSR count). The third kappa shape index (κ3) is 5.16. The summed E-state index contributed by atoms with van der Waals surface area (Å²) in [7, 11) is 0. The van der Waals surface area contributed by atoms with Gasteiger partial charge in [0.15, 0.2) is 0 Å². The normalized spacial score (nSPS) is 10.9. The number of rotatable bonds is 6. The Morgan fingerprint density at radius 1 is 1.12 bits per heavy atom. The van der Waals surface area contributed by atoms with Crippen LogP contribution in [0.25, 0.3) is 6.08 Å². The number of nitrogens with one attached hydrogen (secondary N) is 1. The van der Waals surface area contributed by atoms with Crippen LogP contribution in [0, 0.1) is 0 Å². The number of aromatic nitrogens is 2. The van der Waals surface area contributed by atoms with Gasteiger partial charge in [0.05, 0.1) is 6.33 Å². The second-order valence-electron chi connectivity index (χ2n) is 5.61. The van der Waals surface area contributed by atoms with Crippen molar-refractivity contribution in [3.05, 3.63) is 94.5 Å². The number of imidazole rings is 1. The van der Waals surface area contributed by atoms with Crippen molar-refractivity contribution in [1.29, 1.82) is 0 Å². The van der Waals surface area contributed by atoms with Gasteiger partial charge in [-0.1, -0.05) is 52.3 Å². The van der Waals surface area contributed by atoms with E-state index in [0.29, 0.717) is 6.54 Å². The molecule has 4 nitrogen and oxygen atoms in total. The number of amides is 1. The highest BCUT2D eigenvalue weighted by Gasteiger charge is 2.04. The van der Waals surface area contributed by atoms with Gasteiger partial charge in [0.2, 0.25) is 5.91 Å². The summed E-state index contributed by atoms with van der Waals surface area (Å²) < 4.78 is 3.03. The van der Waals surface area contributed by atoms with Gasteiger partial charge < -0.3 is 9.88 Å². The molecule has 25 heavy (non-hydrogen) atoms. The Morgan fingerprint density at radius 3 is 2.60 bits per heavy atom. The summed E-state index contributed by atoms with van der Waals surface area (Å²) in [6.45, 7) is 1.23. The molecule has 0 aliphatic carbocycles. The zero-order valence-electron chi connectivity index (χ0n) is 13.6. The van der Waals surface area contributed by atoms with Crippen LogP contribution in [0.5, 0.6) is 0 Å². The molecule has 126 valence electrons. The van der Waals surface area contributed by atoms with Crippen molar-refractivity contribution >= 4 is 27.9 Å². The minimum Gasteiger partial charge on any atom is -0.348 e. The lowest BCUT2D eigenvalue weighted by Gasteiger charge is -2.10. The molecule has 0 bridgehead atoms. The van der Waals surface area contributed by atoms with Crippen LogP contribution < -0.4 is 5.32 Å². The minimum absolute atomic E-state index is 0.111. The van der Waals surface area contributed by atoms with Gasteiger partial charge in [-0.05, 0) is 34.9 Å². The molecular formula is C20H18BrN3O. The van der Waals surface area contributed by atoms with E-state index in [1.54, 1.807) is 24.7 Å². The van der Waals surface area contributed by atoms with E-state index in [2.05, 4.69) is 32.3 Å². The molecule has 1 N–H and O–H groups in total. The second-order valence-corrected chi connectivity index (χ2v) is 6.52. The first-order valence-corrected chi connectivity index (χ1v) is 8.74. The van der Waals surface area contributed by atoms with Crippen molar-refractivity contribution in [3.8, 4) is 0 Å². The highest BCUT2D eigenvalue weighted by Crippen LogP contribution is 2.12. The summed E-state index contributed by atoms with van der Waals surface area (Å²) in [5, 5.41) is 2.94. The van der Waals surface area contributed by atoms with Gasteiger partial charge in [0, 0.05) is 36.0 Å². The van der Waals surface area contributed by atoms with Gasteiger partial charge in [-0.25, -0.2) is 4.98 Å². The molecule has 0 saturated carbocycles. The highest BCUT2D eigenvalue weighted by atomic mass is 79.9. The van der Waals surface area contributed by atoms with E-state index in [0.717, 1.165) is 27.7 Å². The maximum absolute atomic E-state index is 12.1. The summed E-state index contributed by atoms with van der Waals surface area (Å²) >= 11 is 3.39. The highest BCUT2D eigenvalue weighted by molar-refractivity contribution is 9.10. The molecule has 2 aromatic carbocycles. The van der Waals surface area contributed by atoms with Crippen LogP contribution in [0.4, 0.5) is 0 Å². The SMILES string of the molecule is O=C(C=Cc1ccc(Br)cc1)NCc1ccccc1Cn1ccnc1. The van der Waals surface area contributed by atoms with Crippen LogP contribution >= 0.6 is 15.9 Å². The van der Waals surface area contributed by atoms with Gasteiger partial charge >= 0.3 is 0 Å². The second kappa shape index (κ2) is 8.44. The average Bonchev–Trinajstić information content (AvgIpc) is 3.13. The number of nitrogens with zero attached hydrogens (tertiary/aromatic N) is 2. The molecule has 1 heterocycles. The fourth-order valence-corrected chi connectivity index (χ4v) is 2.71. The summed E-state index contributed by atoms with van der Waals surface area (Å²) in [5.74, 6) is -0.111. The van der Waals surface area contributed by atoms with Crippen LogP contribution in [-0.4, -0.2) is 15.5 Å². The maximum atomic E-state index is 12.1. The topological polar surface area (TPSA) is 46.9 Å². The molecule has 0 fully saturated rings. The number of hydrogen-bond acceptors (Lipinski definition) is 2. The summed E-state index contributed by atoms with van der Waals surface area (Å²) in [6.07, 6.45) is 8.84. The van der Waals surface area contributed by atoms with Gasteiger partial charge in [-0.3, -0.25) is 4.79 Å². The lowest BCUT2D eigenvalue weighted by atomic mass is 10.1. The van der Waals surface area contributed by atoms with Crippen molar-refractivity contribution in [1.82, 2.24) is 14.9 Å². The fourth-order valence-electron chi connectivity index (χ4n) is 2.45. The van der Waals surface area contributed by atoms with Crippen LogP contribution in [0.15, 0.2) is 77.8 Å². The molecule has 5 heteroatoms. The summed E-state index contributed by atoms with van der Waals surface area (Å²) in [6, 6.07) is 15.9. The molecular weight excluding hydrogens is 378 g/mol. The van der Waals surface area contributed by atoms with Crippen LogP contribution in [0.1, 0.15) is 16.7 Å². The smallest absolute Gasteiger partial charge is 0.244 e. The molecule has 1 amide bonds. The number of carbonyl (C=O) groups is 1. The van der Waals surface area contributed by atoms with Gasteiger partial charge in [-0.2, -0.15) is 0 Å². The lowest BCUT2D eigenvalue weighted by molar-refractivity contribution is -0.116. The Balaban J connectivity index is 1.59. The van der Waals surface area contributed by atoms with Gasteiger partial charge in [0.1, 0.15) is 0 Å². The predicted octanol–water partition coefficient (Wildman–Crippen LogP) is 4.02. The summed E-state index contributed by atoms with van der Waals surface area (Å²) in [4.78, 5) is 16.1. The van der Waals surface area contributed by atoms with E-state index in [1.807, 2.05) is 53.2 Å². The van der Waals surface area contributed by atoms with Gasteiger partial charge in [-0.15, -0.1) is 0 Å². The predicted molar refractivity (Wildman–Crippen MR) is 103 cm³/mol. The molecule has 0 radical (unpaired) electrons. The van der Waals surface area contributed by atoms with Crippen molar-refractivity contribution in [2.75, 3.05) is 0 Å². The quantitative estimate of drug-likeness (QED) is 0.640. The van der Waals surface area contributed by atoms with Crippen molar-refractivity contribution in [2.24, 2.45) is 0 Å². The fraction of sp³-hybridized carbons (Fsp3) is 0.100. The molecule has 3 aromatic rings. The zero-order valence-corrected chi connectivity index (χ0v) is 15.2. The van der Waals surface area contributed by atoms with Crippen molar-refractivity contribution < 1.29 is 4.79 Å². The Morgan fingerprint density at radius 2 is 1.88 bits per heavy atom.